The van der Waals surface area contributed by atoms with E-state index in [1.807, 2.05) is 44.2 Å². The van der Waals surface area contributed by atoms with E-state index in [1.165, 1.54) is 0 Å². The van der Waals surface area contributed by atoms with Crippen molar-refractivity contribution < 1.29 is 18.7 Å². The third kappa shape index (κ3) is 3.60. The van der Waals surface area contributed by atoms with Crippen molar-refractivity contribution in [3.05, 3.63) is 58.3 Å². The highest BCUT2D eigenvalue weighted by Crippen LogP contribution is 2.32. The molecular weight excluding hydrogens is 366 g/mol. The number of benzene rings is 2. The highest BCUT2D eigenvalue weighted by molar-refractivity contribution is 6.35. The topological polar surface area (TPSA) is 51.9 Å². The third-order valence-corrected chi connectivity index (χ3v) is 4.90. The first-order valence-electron chi connectivity index (χ1n) is 8.67. The predicted molar refractivity (Wildman–Crippen MR) is 106 cm³/mol. The normalized spacial score (nSPS) is 10.9. The number of hydrogen-bond donors (Lipinski definition) is 0. The lowest BCUT2D eigenvalue weighted by molar-refractivity contribution is 0.0721. The number of aryl methyl sites for hydroxylation is 1. The highest BCUT2D eigenvalue weighted by Gasteiger charge is 2.23. The minimum atomic E-state index is -0.169. The van der Waals surface area contributed by atoms with E-state index in [1.54, 1.807) is 25.2 Å². The molecule has 1 heterocycles. The Morgan fingerprint density at radius 3 is 2.52 bits per heavy atom. The summed E-state index contributed by atoms with van der Waals surface area (Å²) in [4.78, 5) is 14.8. The minimum Gasteiger partial charge on any atom is -0.493 e. The number of halogens is 1. The van der Waals surface area contributed by atoms with Crippen LogP contribution in [0.3, 0.4) is 0 Å². The Kier molecular flexibility index (Phi) is 5.61. The van der Waals surface area contributed by atoms with E-state index in [0.29, 0.717) is 41.0 Å². The summed E-state index contributed by atoms with van der Waals surface area (Å²) in [6, 6.07) is 11.1. The Labute approximate surface area is 163 Å². The van der Waals surface area contributed by atoms with Crippen LogP contribution in [0.25, 0.3) is 11.0 Å². The van der Waals surface area contributed by atoms with Gasteiger partial charge in [-0.25, -0.2) is 0 Å². The van der Waals surface area contributed by atoms with Gasteiger partial charge in [0.15, 0.2) is 22.8 Å². The molecule has 0 unspecified atom stereocenters. The molecule has 0 radical (unpaired) electrons. The molecule has 0 N–H and O–H groups in total. The third-order valence-electron chi connectivity index (χ3n) is 4.60. The summed E-state index contributed by atoms with van der Waals surface area (Å²) in [7, 11) is 3.18. The molecule has 3 rings (SSSR count). The lowest BCUT2D eigenvalue weighted by atomic mass is 10.1. The van der Waals surface area contributed by atoms with E-state index in [0.717, 1.165) is 16.5 Å². The molecule has 142 valence electrons. The molecule has 2 aromatic carbocycles. The number of rotatable bonds is 6. The highest BCUT2D eigenvalue weighted by atomic mass is 35.5. The number of fused-ring (bicyclic) bond motifs is 1. The van der Waals surface area contributed by atoms with E-state index in [-0.39, 0.29) is 5.91 Å². The van der Waals surface area contributed by atoms with Crippen molar-refractivity contribution in [2.75, 3.05) is 20.8 Å². The molecule has 0 aliphatic rings. The van der Waals surface area contributed by atoms with E-state index < -0.39 is 0 Å². The van der Waals surface area contributed by atoms with Crippen LogP contribution in [0, 0.1) is 6.92 Å². The van der Waals surface area contributed by atoms with Gasteiger partial charge in [0.05, 0.1) is 19.2 Å². The first kappa shape index (κ1) is 19.1. The van der Waals surface area contributed by atoms with Crippen LogP contribution in [0.5, 0.6) is 11.5 Å². The maximum absolute atomic E-state index is 13.1. The van der Waals surface area contributed by atoms with Gasteiger partial charge in [0.1, 0.15) is 0 Å². The largest absolute Gasteiger partial charge is 0.493 e. The molecule has 1 amide bonds. The van der Waals surface area contributed by atoms with Gasteiger partial charge in [-0.3, -0.25) is 4.79 Å². The smallest absolute Gasteiger partial charge is 0.290 e. The SMILES string of the molecule is CCN(Cc1ccc(OC)c(OC)c1)C(=O)c1oc2c(Cl)cccc2c1C. The average molecular weight is 388 g/mol. The summed E-state index contributed by atoms with van der Waals surface area (Å²) in [5.74, 6) is 1.43. The first-order valence-corrected chi connectivity index (χ1v) is 9.05. The maximum atomic E-state index is 13.1. The van der Waals surface area contributed by atoms with E-state index in [9.17, 15) is 4.79 Å². The van der Waals surface area contributed by atoms with Crippen LogP contribution in [0.4, 0.5) is 0 Å². The molecule has 0 saturated carbocycles. The molecule has 0 spiro atoms. The number of hydrogen-bond acceptors (Lipinski definition) is 4. The molecule has 0 aliphatic carbocycles. The van der Waals surface area contributed by atoms with Crippen LogP contribution in [0.15, 0.2) is 40.8 Å². The average Bonchev–Trinajstić information content (AvgIpc) is 3.03. The molecule has 0 aliphatic heterocycles. The monoisotopic (exact) mass is 387 g/mol. The molecule has 5 nitrogen and oxygen atoms in total. The molecule has 6 heteroatoms. The standard InChI is InChI=1S/C21H22ClNO4/c1-5-23(12-14-9-10-17(25-3)18(11-14)26-4)21(24)19-13(2)15-7-6-8-16(22)20(15)27-19/h6-11H,5,12H2,1-4H3. The maximum Gasteiger partial charge on any atom is 0.290 e. The lowest BCUT2D eigenvalue weighted by Crippen LogP contribution is -2.30. The minimum absolute atomic E-state index is 0.169. The van der Waals surface area contributed by atoms with Crippen LogP contribution < -0.4 is 9.47 Å². The number of para-hydroxylation sites is 1. The fourth-order valence-electron chi connectivity index (χ4n) is 3.08. The Balaban J connectivity index is 1.91. The van der Waals surface area contributed by atoms with Crippen LogP contribution >= 0.6 is 11.6 Å². The Morgan fingerprint density at radius 1 is 1.15 bits per heavy atom. The van der Waals surface area contributed by atoms with Gasteiger partial charge in [-0.15, -0.1) is 0 Å². The molecular formula is C21H22ClNO4. The van der Waals surface area contributed by atoms with Gasteiger partial charge in [0.25, 0.3) is 5.91 Å². The summed E-state index contributed by atoms with van der Waals surface area (Å²) >= 11 is 6.21. The van der Waals surface area contributed by atoms with Crippen LogP contribution in [-0.4, -0.2) is 31.6 Å². The van der Waals surface area contributed by atoms with Crippen molar-refractivity contribution in [3.8, 4) is 11.5 Å². The summed E-state index contributed by atoms with van der Waals surface area (Å²) in [6.07, 6.45) is 0. The zero-order valence-electron chi connectivity index (χ0n) is 15.8. The molecule has 3 aromatic rings. The van der Waals surface area contributed by atoms with Crippen molar-refractivity contribution in [1.29, 1.82) is 0 Å². The van der Waals surface area contributed by atoms with Crippen molar-refractivity contribution in [1.82, 2.24) is 4.90 Å². The molecule has 27 heavy (non-hydrogen) atoms. The molecule has 0 saturated heterocycles. The summed E-state index contributed by atoms with van der Waals surface area (Å²) in [6.45, 7) is 4.78. The van der Waals surface area contributed by atoms with Crippen LogP contribution in [-0.2, 0) is 6.54 Å². The number of carbonyl (C=O) groups is 1. The van der Waals surface area contributed by atoms with Crippen LogP contribution in [0.2, 0.25) is 5.02 Å². The van der Waals surface area contributed by atoms with Crippen molar-refractivity contribution in [2.45, 2.75) is 20.4 Å². The number of methoxy groups -OCH3 is 2. The second-order valence-corrected chi connectivity index (χ2v) is 6.59. The van der Waals surface area contributed by atoms with Crippen molar-refractivity contribution in [3.63, 3.8) is 0 Å². The lowest BCUT2D eigenvalue weighted by Gasteiger charge is -2.21. The van der Waals surface area contributed by atoms with Gasteiger partial charge in [-0.2, -0.15) is 0 Å². The van der Waals surface area contributed by atoms with Gasteiger partial charge < -0.3 is 18.8 Å². The van der Waals surface area contributed by atoms with Gasteiger partial charge in [0, 0.05) is 24.0 Å². The van der Waals surface area contributed by atoms with Crippen molar-refractivity contribution in [2.24, 2.45) is 0 Å². The molecule has 0 atom stereocenters. The van der Waals surface area contributed by atoms with Crippen LogP contribution in [0.1, 0.15) is 28.6 Å². The van der Waals surface area contributed by atoms with E-state index in [4.69, 9.17) is 25.5 Å². The second kappa shape index (κ2) is 7.92. The van der Waals surface area contributed by atoms with Gasteiger partial charge in [-0.1, -0.05) is 29.8 Å². The van der Waals surface area contributed by atoms with E-state index in [2.05, 4.69) is 0 Å². The summed E-state index contributed by atoms with van der Waals surface area (Å²) in [5.41, 5.74) is 2.28. The quantitative estimate of drug-likeness (QED) is 0.592. The molecule has 0 fully saturated rings. The number of furan rings is 1. The number of carbonyl (C=O) groups excluding carboxylic acids is 1. The molecule has 0 bridgehead atoms. The number of nitrogens with zero attached hydrogens (tertiary/aromatic N) is 1. The summed E-state index contributed by atoms with van der Waals surface area (Å²) < 4.78 is 16.4. The molecule has 1 aromatic heterocycles. The Bertz CT molecular complexity index is 980. The van der Waals surface area contributed by atoms with E-state index >= 15 is 0 Å². The van der Waals surface area contributed by atoms with Gasteiger partial charge >= 0.3 is 0 Å². The fourth-order valence-corrected chi connectivity index (χ4v) is 3.30. The Hall–Kier alpha value is -2.66. The van der Waals surface area contributed by atoms with Crippen molar-refractivity contribution >= 4 is 28.5 Å². The zero-order valence-corrected chi connectivity index (χ0v) is 16.6. The fraction of sp³-hybridized carbons (Fsp3) is 0.286. The van der Waals surface area contributed by atoms with Gasteiger partial charge in [0.2, 0.25) is 0 Å². The summed E-state index contributed by atoms with van der Waals surface area (Å²) in [5, 5.41) is 1.35. The predicted octanol–water partition coefficient (Wildman–Crippen LogP) is 5.07. The zero-order chi connectivity index (χ0) is 19.6. The second-order valence-electron chi connectivity index (χ2n) is 6.18. The van der Waals surface area contributed by atoms with Gasteiger partial charge in [-0.05, 0) is 37.6 Å². The number of ether oxygens (including phenoxy) is 2. The first-order chi connectivity index (χ1) is 13.0. The number of amides is 1. The Morgan fingerprint density at radius 2 is 1.89 bits per heavy atom.